The van der Waals surface area contributed by atoms with Gasteiger partial charge in [0.25, 0.3) is 0 Å². The van der Waals surface area contributed by atoms with Gasteiger partial charge in [-0.3, -0.25) is 4.79 Å². The standard InChI is InChI=1S/C14H13F2NO2/c15-12-4-2-9(6-13(12)16)7-14(18)19-11-3-1-10(5-11)8-17/h2,4,6,10-11H,1,3,5,7H2. The van der Waals surface area contributed by atoms with Crippen LogP contribution in [0.5, 0.6) is 0 Å². The van der Waals surface area contributed by atoms with Gasteiger partial charge in [0.1, 0.15) is 6.10 Å². The van der Waals surface area contributed by atoms with E-state index in [1.54, 1.807) is 0 Å². The Morgan fingerprint density at radius 2 is 2.16 bits per heavy atom. The van der Waals surface area contributed by atoms with E-state index in [1.165, 1.54) is 6.07 Å². The van der Waals surface area contributed by atoms with Crippen LogP contribution in [-0.2, 0) is 16.0 Å². The molecule has 2 rings (SSSR count). The number of halogens is 2. The minimum atomic E-state index is -0.976. The van der Waals surface area contributed by atoms with Crippen molar-refractivity contribution in [3.05, 3.63) is 35.4 Å². The molecule has 100 valence electrons. The molecular weight excluding hydrogens is 252 g/mol. The SMILES string of the molecule is N#CC1CCC(OC(=O)Cc2ccc(F)c(F)c2)C1. The van der Waals surface area contributed by atoms with Crippen molar-refractivity contribution in [1.29, 1.82) is 5.26 Å². The Hall–Kier alpha value is -1.96. The molecule has 2 atom stereocenters. The fourth-order valence-corrected chi connectivity index (χ4v) is 2.21. The summed E-state index contributed by atoms with van der Waals surface area (Å²) >= 11 is 0. The number of hydrogen-bond donors (Lipinski definition) is 0. The quantitative estimate of drug-likeness (QED) is 0.789. The van der Waals surface area contributed by atoms with E-state index >= 15 is 0 Å². The molecule has 0 N–H and O–H groups in total. The van der Waals surface area contributed by atoms with E-state index in [9.17, 15) is 13.6 Å². The van der Waals surface area contributed by atoms with Gasteiger partial charge in [0.2, 0.25) is 0 Å². The van der Waals surface area contributed by atoms with E-state index in [0.29, 0.717) is 18.4 Å². The average molecular weight is 265 g/mol. The zero-order chi connectivity index (χ0) is 13.8. The molecule has 0 saturated heterocycles. The largest absolute Gasteiger partial charge is 0.462 e. The van der Waals surface area contributed by atoms with Gasteiger partial charge < -0.3 is 4.74 Å². The van der Waals surface area contributed by atoms with Gasteiger partial charge >= 0.3 is 5.97 Å². The molecule has 1 fully saturated rings. The van der Waals surface area contributed by atoms with Gasteiger partial charge in [-0.05, 0) is 30.5 Å². The lowest BCUT2D eigenvalue weighted by Gasteiger charge is -2.11. The minimum Gasteiger partial charge on any atom is -0.462 e. The van der Waals surface area contributed by atoms with Crippen LogP contribution < -0.4 is 0 Å². The number of benzene rings is 1. The Balaban J connectivity index is 1.88. The van der Waals surface area contributed by atoms with Crippen LogP contribution in [0.4, 0.5) is 8.78 Å². The van der Waals surface area contributed by atoms with Crippen molar-refractivity contribution in [2.24, 2.45) is 5.92 Å². The molecule has 0 aromatic heterocycles. The zero-order valence-electron chi connectivity index (χ0n) is 10.2. The Morgan fingerprint density at radius 3 is 2.79 bits per heavy atom. The Kier molecular flexibility index (Phi) is 4.10. The summed E-state index contributed by atoms with van der Waals surface area (Å²) in [6.45, 7) is 0. The highest BCUT2D eigenvalue weighted by Crippen LogP contribution is 2.27. The van der Waals surface area contributed by atoms with Crippen LogP contribution in [0.1, 0.15) is 24.8 Å². The number of hydrogen-bond acceptors (Lipinski definition) is 3. The molecule has 5 heteroatoms. The third kappa shape index (κ3) is 3.50. The summed E-state index contributed by atoms with van der Waals surface area (Å²) in [7, 11) is 0. The lowest BCUT2D eigenvalue weighted by molar-refractivity contribution is -0.147. The van der Waals surface area contributed by atoms with Crippen LogP contribution in [-0.4, -0.2) is 12.1 Å². The Labute approximate surface area is 109 Å². The van der Waals surface area contributed by atoms with Crippen LogP contribution in [0.3, 0.4) is 0 Å². The van der Waals surface area contributed by atoms with E-state index in [0.717, 1.165) is 18.6 Å². The fraction of sp³-hybridized carbons (Fsp3) is 0.429. The smallest absolute Gasteiger partial charge is 0.310 e. The van der Waals surface area contributed by atoms with Crippen LogP contribution in [0.25, 0.3) is 0 Å². The lowest BCUT2D eigenvalue weighted by atomic mass is 10.1. The topological polar surface area (TPSA) is 50.1 Å². The molecule has 3 nitrogen and oxygen atoms in total. The monoisotopic (exact) mass is 265 g/mol. The fourth-order valence-electron chi connectivity index (χ4n) is 2.21. The van der Waals surface area contributed by atoms with E-state index in [-0.39, 0.29) is 18.4 Å². The molecule has 0 aliphatic heterocycles. The van der Waals surface area contributed by atoms with Crippen LogP contribution in [0, 0.1) is 28.9 Å². The summed E-state index contributed by atoms with van der Waals surface area (Å²) in [6, 6.07) is 5.48. The van der Waals surface area contributed by atoms with Gasteiger partial charge in [-0.1, -0.05) is 6.07 Å². The Bertz CT molecular complexity index is 525. The van der Waals surface area contributed by atoms with E-state index in [2.05, 4.69) is 6.07 Å². The van der Waals surface area contributed by atoms with E-state index < -0.39 is 17.6 Å². The maximum Gasteiger partial charge on any atom is 0.310 e. The number of ether oxygens (including phenoxy) is 1. The summed E-state index contributed by atoms with van der Waals surface area (Å²) < 4.78 is 30.9. The van der Waals surface area contributed by atoms with Gasteiger partial charge in [-0.15, -0.1) is 0 Å². The zero-order valence-corrected chi connectivity index (χ0v) is 10.2. The number of carbonyl (C=O) groups excluding carboxylic acids is 1. The number of nitrogens with zero attached hydrogens (tertiary/aromatic N) is 1. The van der Waals surface area contributed by atoms with Crippen molar-refractivity contribution in [3.63, 3.8) is 0 Å². The van der Waals surface area contributed by atoms with Crippen molar-refractivity contribution >= 4 is 5.97 Å². The number of esters is 1. The predicted molar refractivity (Wildman–Crippen MR) is 62.9 cm³/mol. The van der Waals surface area contributed by atoms with Crippen LogP contribution in [0.15, 0.2) is 18.2 Å². The lowest BCUT2D eigenvalue weighted by Crippen LogP contribution is -2.17. The molecule has 19 heavy (non-hydrogen) atoms. The maximum atomic E-state index is 13.0. The summed E-state index contributed by atoms with van der Waals surface area (Å²) in [6.07, 6.45) is 1.65. The van der Waals surface area contributed by atoms with Gasteiger partial charge in [0, 0.05) is 12.3 Å². The predicted octanol–water partition coefficient (Wildman–Crippen LogP) is 2.74. The average Bonchev–Trinajstić information content (AvgIpc) is 2.81. The maximum absolute atomic E-state index is 13.0. The van der Waals surface area contributed by atoms with Gasteiger partial charge in [0.15, 0.2) is 11.6 Å². The van der Waals surface area contributed by atoms with E-state index in [1.807, 2.05) is 0 Å². The molecule has 0 radical (unpaired) electrons. The van der Waals surface area contributed by atoms with Crippen LogP contribution >= 0.6 is 0 Å². The number of rotatable bonds is 3. The van der Waals surface area contributed by atoms with Crippen molar-refractivity contribution in [2.45, 2.75) is 31.8 Å². The number of carbonyl (C=O) groups is 1. The molecule has 0 amide bonds. The summed E-state index contributed by atoms with van der Waals surface area (Å²) in [4.78, 5) is 11.6. The van der Waals surface area contributed by atoms with Crippen molar-refractivity contribution < 1.29 is 18.3 Å². The van der Waals surface area contributed by atoms with Gasteiger partial charge in [0.05, 0.1) is 12.5 Å². The summed E-state index contributed by atoms with van der Waals surface area (Å²) in [5.74, 6) is -2.45. The molecule has 1 aliphatic carbocycles. The molecule has 0 bridgehead atoms. The van der Waals surface area contributed by atoms with Crippen molar-refractivity contribution in [2.75, 3.05) is 0 Å². The summed E-state index contributed by atoms with van der Waals surface area (Å²) in [5.41, 5.74) is 0.374. The molecular formula is C14H13F2NO2. The first-order chi connectivity index (χ1) is 9.08. The van der Waals surface area contributed by atoms with Crippen molar-refractivity contribution in [1.82, 2.24) is 0 Å². The second-order valence-corrected chi connectivity index (χ2v) is 4.68. The normalized spacial score (nSPS) is 21.9. The van der Waals surface area contributed by atoms with Crippen LogP contribution in [0.2, 0.25) is 0 Å². The summed E-state index contributed by atoms with van der Waals surface area (Å²) in [5, 5.41) is 8.74. The van der Waals surface area contributed by atoms with Gasteiger partial charge in [-0.25, -0.2) is 8.78 Å². The Morgan fingerprint density at radius 1 is 1.37 bits per heavy atom. The van der Waals surface area contributed by atoms with Crippen molar-refractivity contribution in [3.8, 4) is 6.07 Å². The van der Waals surface area contributed by atoms with E-state index in [4.69, 9.17) is 10.00 Å². The highest BCUT2D eigenvalue weighted by Gasteiger charge is 2.27. The third-order valence-corrected chi connectivity index (χ3v) is 3.20. The highest BCUT2D eigenvalue weighted by molar-refractivity contribution is 5.72. The van der Waals surface area contributed by atoms with Gasteiger partial charge in [-0.2, -0.15) is 5.26 Å². The first kappa shape index (κ1) is 13.5. The second kappa shape index (κ2) is 5.79. The third-order valence-electron chi connectivity index (χ3n) is 3.20. The first-order valence-corrected chi connectivity index (χ1v) is 6.11. The molecule has 1 aromatic carbocycles. The molecule has 1 aliphatic rings. The molecule has 0 heterocycles. The molecule has 0 spiro atoms. The molecule has 1 saturated carbocycles. The first-order valence-electron chi connectivity index (χ1n) is 6.11. The molecule has 2 unspecified atom stereocenters. The highest BCUT2D eigenvalue weighted by atomic mass is 19.2. The molecule has 1 aromatic rings. The number of nitriles is 1. The second-order valence-electron chi connectivity index (χ2n) is 4.68. The minimum absolute atomic E-state index is 0.0546.